The number of halogens is 1. The first kappa shape index (κ1) is 14.4. The minimum atomic E-state index is -0.496. The molecule has 1 rings (SSSR count). The lowest BCUT2D eigenvalue weighted by Crippen LogP contribution is -2.35. The summed E-state index contributed by atoms with van der Waals surface area (Å²) in [5.74, 6) is -0.956. The summed E-state index contributed by atoms with van der Waals surface area (Å²) in [6, 6.07) is 4.01. The maximum Gasteiger partial charge on any atom is 0.252 e. The van der Waals surface area contributed by atoms with Gasteiger partial charge < -0.3 is 5.32 Å². The van der Waals surface area contributed by atoms with Crippen LogP contribution in [0.15, 0.2) is 18.2 Å². The van der Waals surface area contributed by atoms with Crippen molar-refractivity contribution in [2.45, 2.75) is 27.7 Å². The fraction of sp³-hybridized carbons (Fsp3) is 0.429. The van der Waals surface area contributed by atoms with E-state index in [-0.39, 0.29) is 17.9 Å². The Balaban J connectivity index is 2.72. The molecule has 1 aromatic rings. The summed E-state index contributed by atoms with van der Waals surface area (Å²) < 4.78 is 13.0. The van der Waals surface area contributed by atoms with Gasteiger partial charge in [0.2, 0.25) is 0 Å². The first-order valence-corrected chi connectivity index (χ1v) is 5.79. The number of hydrogen-bond acceptors (Lipinski definition) is 2. The lowest BCUT2D eigenvalue weighted by atomic mass is 9.91. The van der Waals surface area contributed by atoms with Crippen LogP contribution >= 0.6 is 0 Å². The number of Topliss-reactive ketones (excluding diaryl/α,β-unsaturated/α-hetero) is 1. The summed E-state index contributed by atoms with van der Waals surface area (Å²) >= 11 is 0. The quantitative estimate of drug-likeness (QED) is 0.897. The molecule has 1 N–H and O–H groups in total. The zero-order chi connectivity index (χ0) is 13.9. The normalized spacial score (nSPS) is 11.2. The number of nitrogens with one attached hydrogen (secondary N) is 1. The Morgan fingerprint density at radius 2 is 1.89 bits per heavy atom. The standard InChI is InChI=1S/C14H18FNO2/c1-9-5-6-10(15)7-11(9)13(18)16-8-12(17)14(2,3)4/h5-7H,8H2,1-4H3,(H,16,18). The summed E-state index contributed by atoms with van der Waals surface area (Å²) in [7, 11) is 0. The van der Waals surface area contributed by atoms with Gasteiger partial charge in [0.25, 0.3) is 5.91 Å². The van der Waals surface area contributed by atoms with Gasteiger partial charge in [0.1, 0.15) is 5.82 Å². The van der Waals surface area contributed by atoms with Gasteiger partial charge in [-0.1, -0.05) is 26.8 Å². The molecule has 0 aromatic heterocycles. The van der Waals surface area contributed by atoms with Crippen LogP contribution in [0.4, 0.5) is 4.39 Å². The second-order valence-electron chi connectivity index (χ2n) is 5.32. The summed E-state index contributed by atoms with van der Waals surface area (Å²) in [6.07, 6.45) is 0. The molecule has 3 nitrogen and oxygen atoms in total. The van der Waals surface area contributed by atoms with E-state index >= 15 is 0 Å². The van der Waals surface area contributed by atoms with E-state index < -0.39 is 17.1 Å². The van der Waals surface area contributed by atoms with Crippen LogP contribution in [-0.2, 0) is 4.79 Å². The van der Waals surface area contributed by atoms with E-state index in [0.29, 0.717) is 5.56 Å². The van der Waals surface area contributed by atoms with Crippen molar-refractivity contribution >= 4 is 11.7 Å². The maximum absolute atomic E-state index is 13.0. The van der Waals surface area contributed by atoms with Crippen molar-refractivity contribution < 1.29 is 14.0 Å². The number of rotatable bonds is 3. The highest BCUT2D eigenvalue weighted by atomic mass is 19.1. The molecule has 18 heavy (non-hydrogen) atoms. The van der Waals surface area contributed by atoms with Crippen LogP contribution < -0.4 is 5.32 Å². The van der Waals surface area contributed by atoms with E-state index in [0.717, 1.165) is 0 Å². The Bertz CT molecular complexity index is 475. The molecule has 1 amide bonds. The van der Waals surface area contributed by atoms with Crippen LogP contribution in [0.3, 0.4) is 0 Å². The van der Waals surface area contributed by atoms with Crippen molar-refractivity contribution in [3.05, 3.63) is 35.1 Å². The number of amides is 1. The van der Waals surface area contributed by atoms with Crippen LogP contribution in [0, 0.1) is 18.2 Å². The van der Waals surface area contributed by atoms with Crippen molar-refractivity contribution in [1.82, 2.24) is 5.32 Å². The van der Waals surface area contributed by atoms with Gasteiger partial charge >= 0.3 is 0 Å². The molecule has 0 radical (unpaired) electrons. The Kier molecular flexibility index (Phi) is 4.22. The first-order valence-electron chi connectivity index (χ1n) is 5.79. The minimum absolute atomic E-state index is 0.0434. The van der Waals surface area contributed by atoms with Crippen LogP contribution in [0.25, 0.3) is 0 Å². The van der Waals surface area contributed by atoms with E-state index in [1.165, 1.54) is 18.2 Å². The molecular formula is C14H18FNO2. The molecule has 0 bridgehead atoms. The average Bonchev–Trinajstić information content (AvgIpc) is 2.27. The predicted molar refractivity (Wildman–Crippen MR) is 67.9 cm³/mol. The molecule has 98 valence electrons. The number of ketones is 1. The van der Waals surface area contributed by atoms with E-state index in [4.69, 9.17) is 0 Å². The van der Waals surface area contributed by atoms with Gasteiger partial charge in [-0.15, -0.1) is 0 Å². The second-order valence-corrected chi connectivity index (χ2v) is 5.32. The molecule has 1 aromatic carbocycles. The zero-order valence-electron chi connectivity index (χ0n) is 11.1. The molecule has 0 atom stereocenters. The summed E-state index contributed by atoms with van der Waals surface area (Å²) in [4.78, 5) is 23.5. The number of hydrogen-bond donors (Lipinski definition) is 1. The molecule has 0 unspecified atom stereocenters. The van der Waals surface area contributed by atoms with Gasteiger partial charge in [-0.05, 0) is 24.6 Å². The van der Waals surface area contributed by atoms with Crippen LogP contribution in [0.2, 0.25) is 0 Å². The third kappa shape index (κ3) is 3.65. The molecule has 0 spiro atoms. The predicted octanol–water partition coefficient (Wildman–Crippen LogP) is 2.48. The SMILES string of the molecule is Cc1ccc(F)cc1C(=O)NCC(=O)C(C)(C)C. The van der Waals surface area contributed by atoms with Crippen LogP contribution in [0.5, 0.6) is 0 Å². The summed E-state index contributed by atoms with van der Waals surface area (Å²) in [5.41, 5.74) is 0.443. The van der Waals surface area contributed by atoms with Gasteiger partial charge in [0.15, 0.2) is 5.78 Å². The van der Waals surface area contributed by atoms with Crippen LogP contribution in [-0.4, -0.2) is 18.2 Å². The molecule has 0 aliphatic heterocycles. The van der Waals surface area contributed by atoms with Crippen molar-refractivity contribution in [2.75, 3.05) is 6.54 Å². The first-order chi connectivity index (χ1) is 8.21. The van der Waals surface area contributed by atoms with Crippen molar-refractivity contribution in [1.29, 1.82) is 0 Å². The fourth-order valence-electron chi connectivity index (χ4n) is 1.36. The van der Waals surface area contributed by atoms with Crippen molar-refractivity contribution in [3.8, 4) is 0 Å². The minimum Gasteiger partial charge on any atom is -0.345 e. The highest BCUT2D eigenvalue weighted by Crippen LogP contribution is 2.14. The average molecular weight is 251 g/mol. The lowest BCUT2D eigenvalue weighted by molar-refractivity contribution is -0.125. The van der Waals surface area contributed by atoms with Crippen molar-refractivity contribution in [2.24, 2.45) is 5.41 Å². The van der Waals surface area contributed by atoms with Gasteiger partial charge in [-0.25, -0.2) is 4.39 Å². The number of carbonyl (C=O) groups is 2. The number of carbonyl (C=O) groups excluding carboxylic acids is 2. The zero-order valence-corrected chi connectivity index (χ0v) is 11.1. The van der Waals surface area contributed by atoms with Crippen LogP contribution in [0.1, 0.15) is 36.7 Å². The fourth-order valence-corrected chi connectivity index (χ4v) is 1.36. The number of aryl methyl sites for hydroxylation is 1. The lowest BCUT2D eigenvalue weighted by Gasteiger charge is -2.17. The molecule has 4 heteroatoms. The van der Waals surface area contributed by atoms with E-state index in [1.54, 1.807) is 27.7 Å². The maximum atomic E-state index is 13.0. The van der Waals surface area contributed by atoms with Gasteiger partial charge in [0, 0.05) is 11.0 Å². The smallest absolute Gasteiger partial charge is 0.252 e. The largest absolute Gasteiger partial charge is 0.345 e. The molecule has 0 fully saturated rings. The third-order valence-electron chi connectivity index (χ3n) is 2.69. The van der Waals surface area contributed by atoms with E-state index in [9.17, 15) is 14.0 Å². The highest BCUT2D eigenvalue weighted by Gasteiger charge is 2.21. The Labute approximate surface area is 106 Å². The van der Waals surface area contributed by atoms with E-state index in [2.05, 4.69) is 5.32 Å². The van der Waals surface area contributed by atoms with Crippen molar-refractivity contribution in [3.63, 3.8) is 0 Å². The topological polar surface area (TPSA) is 46.2 Å². The molecule has 0 aliphatic rings. The third-order valence-corrected chi connectivity index (χ3v) is 2.69. The Morgan fingerprint density at radius 3 is 2.44 bits per heavy atom. The molecule has 0 saturated heterocycles. The highest BCUT2D eigenvalue weighted by molar-refractivity contribution is 5.98. The second kappa shape index (κ2) is 5.29. The molecular weight excluding hydrogens is 233 g/mol. The molecule has 0 heterocycles. The summed E-state index contributed by atoms with van der Waals surface area (Å²) in [5, 5.41) is 2.52. The van der Waals surface area contributed by atoms with Gasteiger partial charge in [-0.3, -0.25) is 9.59 Å². The Morgan fingerprint density at radius 1 is 1.28 bits per heavy atom. The molecule has 0 saturated carbocycles. The van der Waals surface area contributed by atoms with E-state index in [1.807, 2.05) is 0 Å². The monoisotopic (exact) mass is 251 g/mol. The Hall–Kier alpha value is -1.71. The van der Waals surface area contributed by atoms with Gasteiger partial charge in [0.05, 0.1) is 6.54 Å². The number of benzene rings is 1. The molecule has 0 aliphatic carbocycles. The summed E-state index contributed by atoms with van der Waals surface area (Å²) in [6.45, 7) is 7.04. The van der Waals surface area contributed by atoms with Gasteiger partial charge in [-0.2, -0.15) is 0 Å².